The maximum Gasteiger partial charge on any atom is 0.297 e. The quantitative estimate of drug-likeness (QED) is 0.0764. The van der Waals surface area contributed by atoms with Gasteiger partial charge in [-0.25, -0.2) is 13.1 Å². The molecule has 1 spiro atoms. The van der Waals surface area contributed by atoms with E-state index < -0.39 is 43.1 Å². The molecule has 12 rings (SSSR count). The van der Waals surface area contributed by atoms with Crippen LogP contribution in [0.15, 0.2) is 77.8 Å². The van der Waals surface area contributed by atoms with Gasteiger partial charge in [-0.05, 0) is 136 Å². The molecule has 5 fully saturated rings. The summed E-state index contributed by atoms with van der Waals surface area (Å²) in [4.78, 5) is 41.4. The molecule has 7 aliphatic rings. The molecule has 5 aromatic rings. The van der Waals surface area contributed by atoms with E-state index in [0.29, 0.717) is 79.8 Å². The predicted molar refractivity (Wildman–Crippen MR) is 273 cm³/mol. The standard InChI is InChI=1S/C54H64N8O9S/c1-32(2)38-7-4-5-8-39(38)42-9-6-20-60(42)36-27-54(28-36)17-21-59(22-18-54)35-10-11-40(43(24-35)61-45-23-34-14-19-55-50(34)57-52(45)71-48-31-69-30-46(48)61)51(63)58-72(67,68)37-25-44(62(65)66)49-47(26-37)70-29-41(56-49)33-12-15-53(3,64)16-13-33/h4-5,7-8,10-11,14,19,23-26,32-33,36,41-42,46,48,56,64H,6,9,12-13,15-18,20-22,27-31H2,1-3H3,(H,55,57)(H,58,63)/t33?,41-,42-,46+,48+,53?/m0/s1. The van der Waals surface area contributed by atoms with Crippen molar-refractivity contribution >= 4 is 55.4 Å². The number of aromatic nitrogens is 2. The summed E-state index contributed by atoms with van der Waals surface area (Å²) in [6, 6.07) is 21.0. The van der Waals surface area contributed by atoms with Crippen molar-refractivity contribution in [2.45, 2.75) is 132 Å². The van der Waals surface area contributed by atoms with E-state index in [9.17, 15) is 28.4 Å². The van der Waals surface area contributed by atoms with Crippen LogP contribution in [-0.2, 0) is 14.8 Å². The van der Waals surface area contributed by atoms with Crippen molar-refractivity contribution in [1.82, 2.24) is 19.6 Å². The van der Waals surface area contributed by atoms with E-state index in [2.05, 4.69) is 62.9 Å². The molecule has 3 saturated heterocycles. The van der Waals surface area contributed by atoms with Crippen LogP contribution >= 0.6 is 0 Å². The second-order valence-corrected chi connectivity index (χ2v) is 23.9. The van der Waals surface area contributed by atoms with Gasteiger partial charge in [-0.2, -0.15) is 4.98 Å². The number of nitro benzene ring substituents is 1. The number of rotatable bonds is 10. The molecule has 4 atom stereocenters. The number of carbonyl (C=O) groups excluding carboxylic acids is 1. The van der Waals surface area contributed by atoms with Crippen molar-refractivity contribution in [1.29, 1.82) is 0 Å². The third-order valence-corrected chi connectivity index (χ3v) is 18.6. The molecular weight excluding hydrogens is 937 g/mol. The van der Waals surface area contributed by atoms with Crippen LogP contribution < -0.4 is 29.3 Å². The normalized spacial score (nSPS) is 27.1. The van der Waals surface area contributed by atoms with Crippen LogP contribution in [0.3, 0.4) is 0 Å². The topological polar surface area (TPSA) is 205 Å². The number of carbonyl (C=O) groups is 1. The number of ether oxygens (including phenoxy) is 3. The Hall–Kier alpha value is -5.95. The number of aliphatic hydroxyl groups is 1. The molecule has 5 aliphatic heterocycles. The average molecular weight is 1000 g/mol. The minimum absolute atomic E-state index is 0.00952. The number of nitrogens with one attached hydrogen (secondary N) is 3. The first-order valence-corrected chi connectivity index (χ1v) is 27.4. The molecule has 18 heteroatoms. The zero-order chi connectivity index (χ0) is 49.7. The van der Waals surface area contributed by atoms with E-state index in [0.717, 1.165) is 49.6 Å². The summed E-state index contributed by atoms with van der Waals surface area (Å²) in [5, 5.41) is 27.2. The number of anilines is 4. The van der Waals surface area contributed by atoms with Gasteiger partial charge >= 0.3 is 0 Å². The molecule has 7 heterocycles. The summed E-state index contributed by atoms with van der Waals surface area (Å²) in [6.45, 7) is 9.97. The van der Waals surface area contributed by atoms with E-state index >= 15 is 0 Å². The highest BCUT2D eigenvalue weighted by atomic mass is 32.2. The molecule has 0 unspecified atom stereocenters. The van der Waals surface area contributed by atoms with Crippen molar-refractivity contribution in [2.75, 3.05) is 54.6 Å². The summed E-state index contributed by atoms with van der Waals surface area (Å²) in [6.07, 6.45) is 10.9. The number of fused-ring (bicyclic) bond motifs is 4. The van der Waals surface area contributed by atoms with Gasteiger partial charge in [0, 0.05) is 54.6 Å². The van der Waals surface area contributed by atoms with Crippen molar-refractivity contribution in [3.63, 3.8) is 0 Å². The van der Waals surface area contributed by atoms with Gasteiger partial charge in [-0.15, -0.1) is 0 Å². The Morgan fingerprint density at radius 1 is 0.958 bits per heavy atom. The molecule has 2 aliphatic carbocycles. The number of nitro groups is 1. The molecule has 17 nitrogen and oxygen atoms in total. The fraction of sp³-hybridized carbons (Fsp3) is 0.519. The van der Waals surface area contributed by atoms with Gasteiger partial charge in [-0.3, -0.25) is 19.8 Å². The first-order chi connectivity index (χ1) is 34.6. The molecule has 0 radical (unpaired) electrons. The van der Waals surface area contributed by atoms with Gasteiger partial charge in [0.1, 0.15) is 24.0 Å². The zero-order valence-electron chi connectivity index (χ0n) is 41.1. The zero-order valence-corrected chi connectivity index (χ0v) is 42.0. The number of hydrogen-bond donors (Lipinski definition) is 4. The van der Waals surface area contributed by atoms with Gasteiger partial charge in [0.05, 0.1) is 52.0 Å². The molecule has 3 aromatic carbocycles. The molecule has 380 valence electrons. The Morgan fingerprint density at radius 3 is 2.53 bits per heavy atom. The SMILES string of the molecule is CC(C)c1ccccc1[C@@H]1CCCN1C1CC2(CCN(c3ccc(C(=O)NS(=O)(=O)c4cc5c(c([N+](=O)[O-])c4)N[C@H](C4CCC(C)(O)CC4)CO5)c(N4c5cc6cc[nH]c6nc5O[C@@H]5COC[C@H]54)c3)CC2)C1. The highest BCUT2D eigenvalue weighted by Gasteiger charge is 2.51. The van der Waals surface area contributed by atoms with Crippen LogP contribution in [0, 0.1) is 21.4 Å². The Balaban J connectivity index is 0.824. The van der Waals surface area contributed by atoms with Crippen LogP contribution in [0.4, 0.5) is 28.4 Å². The van der Waals surface area contributed by atoms with Crippen molar-refractivity contribution < 1.29 is 37.5 Å². The van der Waals surface area contributed by atoms with Gasteiger partial charge < -0.3 is 39.4 Å². The number of aromatic amines is 1. The largest absolute Gasteiger partial charge is 0.489 e. The number of pyridine rings is 1. The number of benzene rings is 3. The molecule has 2 saturated carbocycles. The third-order valence-electron chi connectivity index (χ3n) is 17.3. The Morgan fingerprint density at radius 2 is 1.75 bits per heavy atom. The fourth-order valence-corrected chi connectivity index (χ4v) is 14.2. The smallest absolute Gasteiger partial charge is 0.297 e. The number of nitrogens with zero attached hydrogens (tertiary/aromatic N) is 5. The minimum atomic E-state index is -4.71. The second kappa shape index (κ2) is 17.9. The van der Waals surface area contributed by atoms with E-state index in [1.54, 1.807) is 12.3 Å². The van der Waals surface area contributed by atoms with Crippen molar-refractivity contribution in [2.24, 2.45) is 11.3 Å². The van der Waals surface area contributed by atoms with E-state index in [1.165, 1.54) is 42.9 Å². The van der Waals surface area contributed by atoms with Crippen molar-refractivity contribution in [3.05, 3.63) is 99.7 Å². The fourth-order valence-electron chi connectivity index (χ4n) is 13.2. The summed E-state index contributed by atoms with van der Waals surface area (Å²) in [7, 11) is -4.71. The monoisotopic (exact) mass is 1000 g/mol. The average Bonchev–Trinajstić information content (AvgIpc) is 4.15. The molecule has 0 bridgehead atoms. The first kappa shape index (κ1) is 47.1. The summed E-state index contributed by atoms with van der Waals surface area (Å²) in [5.74, 6) is 0.0517. The van der Waals surface area contributed by atoms with Crippen LogP contribution in [0.2, 0.25) is 0 Å². The lowest BCUT2D eigenvalue weighted by Crippen LogP contribution is -2.55. The van der Waals surface area contributed by atoms with E-state index in [1.807, 2.05) is 36.1 Å². The van der Waals surface area contributed by atoms with Crippen LogP contribution in [0.5, 0.6) is 11.6 Å². The number of piperidine rings is 1. The van der Waals surface area contributed by atoms with Crippen LogP contribution in [-0.4, -0.2) is 109 Å². The highest BCUT2D eigenvalue weighted by molar-refractivity contribution is 7.90. The second-order valence-electron chi connectivity index (χ2n) is 22.2. The van der Waals surface area contributed by atoms with Crippen LogP contribution in [0.1, 0.15) is 118 Å². The molecule has 4 N–H and O–H groups in total. The van der Waals surface area contributed by atoms with E-state index in [4.69, 9.17) is 19.2 Å². The Bertz CT molecular complexity index is 3040. The summed E-state index contributed by atoms with van der Waals surface area (Å²) in [5.41, 5.74) is 4.80. The van der Waals surface area contributed by atoms with Gasteiger partial charge in [0.25, 0.3) is 21.6 Å². The number of amides is 1. The minimum Gasteiger partial charge on any atom is -0.489 e. The first-order valence-electron chi connectivity index (χ1n) is 25.9. The number of hydrogen-bond acceptors (Lipinski definition) is 14. The lowest BCUT2D eigenvalue weighted by Gasteiger charge is -2.56. The number of sulfonamides is 1. The van der Waals surface area contributed by atoms with Gasteiger partial charge in [0.2, 0.25) is 5.88 Å². The third kappa shape index (κ3) is 8.41. The van der Waals surface area contributed by atoms with Crippen LogP contribution in [0.25, 0.3) is 11.0 Å². The van der Waals surface area contributed by atoms with Gasteiger partial charge in [-0.1, -0.05) is 38.1 Å². The Kier molecular flexibility index (Phi) is 11.7. The lowest BCUT2D eigenvalue weighted by atomic mass is 9.59. The number of H-pyrrole nitrogens is 1. The number of likely N-dealkylation sites (tertiary alicyclic amines) is 1. The molecule has 1 amide bonds. The Labute approximate surface area is 419 Å². The molecular formula is C54H64N8O9S. The summed E-state index contributed by atoms with van der Waals surface area (Å²) >= 11 is 0. The predicted octanol–water partition coefficient (Wildman–Crippen LogP) is 8.71. The van der Waals surface area contributed by atoms with Gasteiger partial charge in [0.15, 0.2) is 11.4 Å². The maximum atomic E-state index is 14.8. The molecule has 2 aromatic heterocycles. The maximum absolute atomic E-state index is 14.8. The summed E-state index contributed by atoms with van der Waals surface area (Å²) < 4.78 is 49.5. The molecule has 72 heavy (non-hydrogen) atoms. The lowest BCUT2D eigenvalue weighted by molar-refractivity contribution is -0.384. The van der Waals surface area contributed by atoms with E-state index in [-0.39, 0.29) is 47.0 Å². The van der Waals surface area contributed by atoms with Crippen molar-refractivity contribution in [3.8, 4) is 11.6 Å². The highest BCUT2D eigenvalue weighted by Crippen LogP contribution is 2.55.